The number of hydrogen-bond donors (Lipinski definition) is 1. The average Bonchev–Trinajstić information content (AvgIpc) is 2.79. The molecule has 0 radical (unpaired) electrons. The summed E-state index contributed by atoms with van der Waals surface area (Å²) in [7, 11) is 0. The minimum Gasteiger partial charge on any atom is -0.301 e. The quantitative estimate of drug-likeness (QED) is 0.735. The molecule has 3 nitrogen and oxygen atoms in total. The Balaban J connectivity index is 1.68. The first kappa shape index (κ1) is 16.1. The number of nitrogens with two attached hydrogens (primary N) is 1. The van der Waals surface area contributed by atoms with Gasteiger partial charge in [0.05, 0.1) is 6.10 Å². The Labute approximate surface area is 140 Å². The van der Waals surface area contributed by atoms with Gasteiger partial charge < -0.3 is 4.84 Å². The summed E-state index contributed by atoms with van der Waals surface area (Å²) in [6.45, 7) is 7.48. The Morgan fingerprint density at radius 1 is 0.957 bits per heavy atom. The van der Waals surface area contributed by atoms with Crippen molar-refractivity contribution in [1.29, 1.82) is 0 Å². The SMILES string of the molecule is C[C@]12CCC(=O)C[C@@H]1CC[C@@H]1[C@@H]2CC[C@]2(C)[C@@H](ON)CC[C@@]12C. The van der Waals surface area contributed by atoms with Gasteiger partial charge in [-0.15, -0.1) is 0 Å². The molecular formula is C20H33NO2. The van der Waals surface area contributed by atoms with Gasteiger partial charge in [0, 0.05) is 18.3 Å². The van der Waals surface area contributed by atoms with Gasteiger partial charge in [-0.2, -0.15) is 0 Å². The molecule has 0 aromatic carbocycles. The van der Waals surface area contributed by atoms with E-state index in [0.29, 0.717) is 22.5 Å². The van der Waals surface area contributed by atoms with Crippen LogP contribution in [0.4, 0.5) is 0 Å². The summed E-state index contributed by atoms with van der Waals surface area (Å²) in [6, 6.07) is 0. The summed E-state index contributed by atoms with van der Waals surface area (Å²) in [5, 5.41) is 0. The van der Waals surface area contributed by atoms with Gasteiger partial charge in [0.25, 0.3) is 0 Å². The van der Waals surface area contributed by atoms with Crippen LogP contribution in [-0.4, -0.2) is 11.9 Å². The van der Waals surface area contributed by atoms with Crippen LogP contribution < -0.4 is 5.90 Å². The molecule has 4 aliphatic rings. The van der Waals surface area contributed by atoms with Crippen LogP contribution in [0.25, 0.3) is 0 Å². The van der Waals surface area contributed by atoms with E-state index in [1.165, 1.54) is 32.1 Å². The van der Waals surface area contributed by atoms with E-state index in [1.54, 1.807) is 0 Å². The van der Waals surface area contributed by atoms with Crippen LogP contribution in [0.2, 0.25) is 0 Å². The summed E-state index contributed by atoms with van der Waals surface area (Å²) in [5.74, 6) is 8.40. The van der Waals surface area contributed by atoms with Crippen LogP contribution in [0.1, 0.15) is 78.6 Å². The molecule has 4 fully saturated rings. The summed E-state index contributed by atoms with van der Waals surface area (Å²) in [5.41, 5.74) is 0.981. The molecule has 0 aromatic rings. The van der Waals surface area contributed by atoms with Gasteiger partial charge in [-0.25, -0.2) is 5.90 Å². The Hall–Kier alpha value is -0.410. The fourth-order valence-electron chi connectivity index (χ4n) is 7.61. The predicted octanol–water partition coefficient (Wildman–Crippen LogP) is 4.25. The van der Waals surface area contributed by atoms with E-state index < -0.39 is 0 Å². The van der Waals surface area contributed by atoms with Crippen molar-refractivity contribution in [2.75, 3.05) is 0 Å². The highest BCUT2D eigenvalue weighted by Crippen LogP contribution is 2.71. The van der Waals surface area contributed by atoms with Crippen LogP contribution >= 0.6 is 0 Å². The van der Waals surface area contributed by atoms with Gasteiger partial charge in [-0.1, -0.05) is 20.8 Å². The number of carbonyl (C=O) groups excluding carboxylic acids is 1. The molecule has 0 spiro atoms. The molecule has 4 rings (SSSR count). The lowest BCUT2D eigenvalue weighted by Gasteiger charge is -2.64. The molecule has 2 N–H and O–H groups in total. The highest BCUT2D eigenvalue weighted by molar-refractivity contribution is 5.79. The molecule has 0 unspecified atom stereocenters. The fraction of sp³-hybridized carbons (Fsp3) is 0.950. The van der Waals surface area contributed by atoms with E-state index in [4.69, 9.17) is 10.7 Å². The van der Waals surface area contributed by atoms with Crippen molar-refractivity contribution in [3.8, 4) is 0 Å². The molecule has 23 heavy (non-hydrogen) atoms. The second kappa shape index (κ2) is 5.05. The van der Waals surface area contributed by atoms with Gasteiger partial charge >= 0.3 is 0 Å². The number of hydrogen-bond acceptors (Lipinski definition) is 3. The molecule has 0 aromatic heterocycles. The number of rotatable bonds is 1. The third-order valence-corrected chi connectivity index (χ3v) is 9.41. The van der Waals surface area contributed by atoms with E-state index in [1.807, 2.05) is 0 Å². The molecule has 0 amide bonds. The van der Waals surface area contributed by atoms with Crippen molar-refractivity contribution in [1.82, 2.24) is 0 Å². The Morgan fingerprint density at radius 3 is 2.43 bits per heavy atom. The van der Waals surface area contributed by atoms with Crippen molar-refractivity contribution in [2.45, 2.75) is 84.7 Å². The number of fused-ring (bicyclic) bond motifs is 5. The second-order valence-electron chi connectivity index (χ2n) is 9.77. The van der Waals surface area contributed by atoms with Crippen LogP contribution in [0.3, 0.4) is 0 Å². The zero-order valence-corrected chi connectivity index (χ0v) is 15.1. The van der Waals surface area contributed by atoms with Crippen LogP contribution in [0, 0.1) is 34.0 Å². The third kappa shape index (κ3) is 1.93. The number of Topliss-reactive ketones (excluding diaryl/α,β-unsaturated/α-hetero) is 1. The molecular weight excluding hydrogens is 286 g/mol. The van der Waals surface area contributed by atoms with Crippen molar-refractivity contribution in [3.63, 3.8) is 0 Å². The first-order chi connectivity index (χ1) is 10.8. The number of ketones is 1. The molecule has 7 atom stereocenters. The second-order valence-corrected chi connectivity index (χ2v) is 9.77. The van der Waals surface area contributed by atoms with Crippen molar-refractivity contribution in [3.05, 3.63) is 0 Å². The van der Waals surface area contributed by atoms with Gasteiger partial charge in [-0.05, 0) is 73.5 Å². The third-order valence-electron chi connectivity index (χ3n) is 9.41. The van der Waals surface area contributed by atoms with E-state index in [-0.39, 0.29) is 11.5 Å². The van der Waals surface area contributed by atoms with E-state index >= 15 is 0 Å². The van der Waals surface area contributed by atoms with Crippen molar-refractivity contribution >= 4 is 5.78 Å². The summed E-state index contributed by atoms with van der Waals surface area (Å²) >= 11 is 0. The normalized spacial score (nSPS) is 55.9. The smallest absolute Gasteiger partial charge is 0.133 e. The summed E-state index contributed by atoms with van der Waals surface area (Å²) < 4.78 is 0. The maximum absolute atomic E-state index is 12.0. The van der Waals surface area contributed by atoms with Crippen LogP contribution in [0.5, 0.6) is 0 Å². The lowest BCUT2D eigenvalue weighted by molar-refractivity contribution is -0.173. The lowest BCUT2D eigenvalue weighted by Crippen LogP contribution is -2.58. The molecule has 3 heteroatoms. The predicted molar refractivity (Wildman–Crippen MR) is 90.4 cm³/mol. The van der Waals surface area contributed by atoms with Gasteiger partial charge in [-0.3, -0.25) is 4.79 Å². The first-order valence-electron chi connectivity index (χ1n) is 9.72. The Bertz CT molecular complexity index is 520. The van der Waals surface area contributed by atoms with Crippen molar-refractivity contribution in [2.24, 2.45) is 39.9 Å². The molecule has 0 saturated heterocycles. The van der Waals surface area contributed by atoms with E-state index in [0.717, 1.165) is 37.5 Å². The Kier molecular flexibility index (Phi) is 3.53. The summed E-state index contributed by atoms with van der Waals surface area (Å²) in [4.78, 5) is 17.4. The zero-order chi connectivity index (χ0) is 16.5. The highest BCUT2D eigenvalue weighted by Gasteiger charge is 2.65. The van der Waals surface area contributed by atoms with Gasteiger partial charge in [0.15, 0.2) is 0 Å². The first-order valence-corrected chi connectivity index (χ1v) is 9.72. The monoisotopic (exact) mass is 319 g/mol. The van der Waals surface area contributed by atoms with Crippen LogP contribution in [0.15, 0.2) is 0 Å². The average molecular weight is 319 g/mol. The van der Waals surface area contributed by atoms with Gasteiger partial charge in [0.2, 0.25) is 0 Å². The topological polar surface area (TPSA) is 52.3 Å². The zero-order valence-electron chi connectivity index (χ0n) is 15.1. The number of carbonyl (C=O) groups is 1. The highest BCUT2D eigenvalue weighted by atomic mass is 16.6. The van der Waals surface area contributed by atoms with Gasteiger partial charge in [0.1, 0.15) is 5.78 Å². The van der Waals surface area contributed by atoms with Crippen molar-refractivity contribution < 1.29 is 9.63 Å². The minimum absolute atomic E-state index is 0.229. The summed E-state index contributed by atoms with van der Waals surface area (Å²) in [6.07, 6.45) is 10.5. The molecule has 0 aliphatic heterocycles. The van der Waals surface area contributed by atoms with E-state index in [2.05, 4.69) is 20.8 Å². The standard InChI is InChI=1S/C20H33NO2/c1-18-9-6-14(22)12-13(18)4-5-16-15(18)7-10-20(3)17(23-21)8-11-19(16,20)2/h13,15-17H,4-12,21H2,1-3H3/t13-,15-,16+,17-,18-,19-,20+/m0/s1. The lowest BCUT2D eigenvalue weighted by atomic mass is 9.41. The fourth-order valence-corrected chi connectivity index (χ4v) is 7.61. The minimum atomic E-state index is 0.229. The maximum Gasteiger partial charge on any atom is 0.133 e. The Morgan fingerprint density at radius 2 is 1.70 bits per heavy atom. The van der Waals surface area contributed by atoms with E-state index in [9.17, 15) is 4.79 Å². The van der Waals surface area contributed by atoms with Crippen LogP contribution in [-0.2, 0) is 9.63 Å². The molecule has 0 bridgehead atoms. The maximum atomic E-state index is 12.0. The molecule has 4 aliphatic carbocycles. The molecule has 4 saturated carbocycles. The largest absolute Gasteiger partial charge is 0.301 e. The molecule has 130 valence electrons. The molecule has 0 heterocycles.